The molecule has 0 unspecified atom stereocenters. The molecule has 0 saturated carbocycles. The van der Waals surface area contributed by atoms with Crippen LogP contribution in [0.4, 0.5) is 0 Å². The lowest BCUT2D eigenvalue weighted by Crippen LogP contribution is -2.31. The van der Waals surface area contributed by atoms with E-state index in [0.29, 0.717) is 13.0 Å². The Kier molecular flexibility index (Phi) is 5.92. The molecule has 1 saturated heterocycles. The molecule has 0 aromatic heterocycles. The van der Waals surface area contributed by atoms with Gasteiger partial charge in [0.15, 0.2) is 0 Å². The molecule has 0 amide bonds. The summed E-state index contributed by atoms with van der Waals surface area (Å²) in [4.78, 5) is 11.3. The Balaban J connectivity index is 0.00000180. The highest BCUT2D eigenvalue weighted by Crippen LogP contribution is 2.21. The van der Waals surface area contributed by atoms with Gasteiger partial charge in [-0.05, 0) is 24.3 Å². The van der Waals surface area contributed by atoms with Crippen molar-refractivity contribution in [2.75, 3.05) is 20.8 Å². The lowest BCUT2D eigenvalue weighted by molar-refractivity contribution is -0.142. The van der Waals surface area contributed by atoms with Crippen LogP contribution in [0.25, 0.3) is 0 Å². The van der Waals surface area contributed by atoms with Crippen molar-refractivity contribution in [2.24, 2.45) is 0 Å². The van der Waals surface area contributed by atoms with Crippen molar-refractivity contribution in [1.29, 1.82) is 0 Å². The summed E-state index contributed by atoms with van der Waals surface area (Å²) in [5.74, 6) is 1.32. The first-order chi connectivity index (χ1) is 8.72. The van der Waals surface area contributed by atoms with Gasteiger partial charge in [0.1, 0.15) is 23.6 Å². The van der Waals surface area contributed by atoms with Gasteiger partial charge in [-0.3, -0.25) is 4.79 Å². The van der Waals surface area contributed by atoms with Gasteiger partial charge in [0.25, 0.3) is 0 Å². The fourth-order valence-corrected chi connectivity index (χ4v) is 1.96. The third-order valence-electron chi connectivity index (χ3n) is 2.94. The van der Waals surface area contributed by atoms with Crippen molar-refractivity contribution in [3.63, 3.8) is 0 Å². The summed E-state index contributed by atoms with van der Waals surface area (Å²) in [6.07, 6.45) is 0.612. The van der Waals surface area contributed by atoms with Crippen LogP contribution in [0.1, 0.15) is 6.42 Å². The smallest absolute Gasteiger partial charge is 0.323 e. The summed E-state index contributed by atoms with van der Waals surface area (Å²) < 4.78 is 15.5. The molecule has 19 heavy (non-hydrogen) atoms. The fraction of sp³-hybridized carbons (Fsp3) is 0.462. The maximum absolute atomic E-state index is 11.3. The summed E-state index contributed by atoms with van der Waals surface area (Å²) in [6.45, 7) is 0.645. The molecule has 5 nitrogen and oxygen atoms in total. The van der Waals surface area contributed by atoms with Crippen molar-refractivity contribution in [1.82, 2.24) is 5.32 Å². The Labute approximate surface area is 118 Å². The van der Waals surface area contributed by atoms with Gasteiger partial charge in [-0.25, -0.2) is 0 Å². The number of benzene rings is 1. The van der Waals surface area contributed by atoms with Crippen LogP contribution in [0.15, 0.2) is 24.3 Å². The molecule has 1 aromatic carbocycles. The van der Waals surface area contributed by atoms with Crippen molar-refractivity contribution in [2.45, 2.75) is 18.6 Å². The van der Waals surface area contributed by atoms with Gasteiger partial charge >= 0.3 is 5.97 Å². The number of carbonyl (C=O) groups is 1. The molecule has 2 atom stereocenters. The average Bonchev–Trinajstić information content (AvgIpc) is 2.87. The van der Waals surface area contributed by atoms with E-state index in [-0.39, 0.29) is 30.5 Å². The molecular formula is C13H18ClNO4. The molecule has 1 fully saturated rings. The van der Waals surface area contributed by atoms with E-state index in [1.165, 1.54) is 7.11 Å². The molecule has 106 valence electrons. The van der Waals surface area contributed by atoms with Crippen LogP contribution >= 0.6 is 12.4 Å². The van der Waals surface area contributed by atoms with E-state index in [9.17, 15) is 4.79 Å². The minimum atomic E-state index is -0.266. The molecule has 1 aliphatic rings. The highest BCUT2D eigenvalue weighted by Gasteiger charge is 2.31. The van der Waals surface area contributed by atoms with Crippen molar-refractivity contribution < 1.29 is 19.0 Å². The maximum atomic E-state index is 11.3. The standard InChI is InChI=1S/C13H17NO4.ClH/c1-16-9-3-5-10(6-4-9)18-11-7-12(14-8-11)13(15)17-2;/h3-6,11-12,14H,7-8H2,1-2H3;1H/t11-,12-;/m0./s1. The molecule has 2 rings (SSSR count). The van der Waals surface area contributed by atoms with Crippen LogP contribution in [0.5, 0.6) is 11.5 Å². The van der Waals surface area contributed by atoms with Crippen LogP contribution in [0, 0.1) is 0 Å². The largest absolute Gasteiger partial charge is 0.497 e. The second-order valence-electron chi connectivity index (χ2n) is 4.14. The van der Waals surface area contributed by atoms with Gasteiger partial charge in [-0.1, -0.05) is 0 Å². The van der Waals surface area contributed by atoms with Gasteiger partial charge in [0.2, 0.25) is 0 Å². The summed E-state index contributed by atoms with van der Waals surface area (Å²) in [5.41, 5.74) is 0. The lowest BCUT2D eigenvalue weighted by atomic mass is 10.2. The zero-order valence-electron chi connectivity index (χ0n) is 10.9. The first kappa shape index (κ1) is 15.6. The third-order valence-corrected chi connectivity index (χ3v) is 2.94. The second-order valence-corrected chi connectivity index (χ2v) is 4.14. The molecule has 6 heteroatoms. The van der Waals surface area contributed by atoms with Crippen molar-refractivity contribution in [3.05, 3.63) is 24.3 Å². The number of esters is 1. The number of hydrogen-bond donors (Lipinski definition) is 1. The highest BCUT2D eigenvalue weighted by atomic mass is 35.5. The van der Waals surface area contributed by atoms with E-state index >= 15 is 0 Å². The molecule has 1 aromatic rings. The SMILES string of the molecule is COC(=O)[C@@H]1C[C@H](Oc2ccc(OC)cc2)CN1.Cl. The summed E-state index contributed by atoms with van der Waals surface area (Å²) in [7, 11) is 3.01. The second kappa shape index (κ2) is 7.21. The predicted octanol–water partition coefficient (Wildman–Crippen LogP) is 1.40. The summed E-state index contributed by atoms with van der Waals surface area (Å²) >= 11 is 0. The molecule has 0 bridgehead atoms. The monoisotopic (exact) mass is 287 g/mol. The Hall–Kier alpha value is -1.46. The number of carbonyl (C=O) groups excluding carboxylic acids is 1. The Morgan fingerprint density at radius 3 is 2.42 bits per heavy atom. The van der Waals surface area contributed by atoms with E-state index in [2.05, 4.69) is 10.1 Å². The van der Waals surface area contributed by atoms with Crippen LogP contribution in [-0.4, -0.2) is 38.9 Å². The third kappa shape index (κ3) is 4.01. The first-order valence-corrected chi connectivity index (χ1v) is 5.85. The average molecular weight is 288 g/mol. The highest BCUT2D eigenvalue weighted by molar-refractivity contribution is 5.85. The van der Waals surface area contributed by atoms with Gasteiger partial charge in [0, 0.05) is 13.0 Å². The number of nitrogens with one attached hydrogen (secondary N) is 1. The van der Waals surface area contributed by atoms with Gasteiger partial charge in [-0.2, -0.15) is 0 Å². The number of methoxy groups -OCH3 is 2. The quantitative estimate of drug-likeness (QED) is 0.849. The summed E-state index contributed by atoms with van der Waals surface area (Å²) in [6, 6.07) is 7.12. The zero-order valence-corrected chi connectivity index (χ0v) is 11.7. The summed E-state index contributed by atoms with van der Waals surface area (Å²) in [5, 5.41) is 3.08. The number of ether oxygens (including phenoxy) is 3. The fourth-order valence-electron chi connectivity index (χ4n) is 1.96. The molecule has 0 aliphatic carbocycles. The van der Waals surface area contributed by atoms with Gasteiger partial charge in [-0.15, -0.1) is 12.4 Å². The number of hydrogen-bond acceptors (Lipinski definition) is 5. The van der Waals surface area contributed by atoms with Crippen LogP contribution in [-0.2, 0) is 9.53 Å². The van der Waals surface area contributed by atoms with E-state index in [1.807, 2.05) is 24.3 Å². The molecule has 0 radical (unpaired) electrons. The van der Waals surface area contributed by atoms with Crippen molar-refractivity contribution in [3.8, 4) is 11.5 Å². The normalized spacial score (nSPS) is 21.4. The topological polar surface area (TPSA) is 56.8 Å². The minimum absolute atomic E-state index is 0. The van der Waals surface area contributed by atoms with Crippen molar-refractivity contribution >= 4 is 18.4 Å². The van der Waals surface area contributed by atoms with Crippen LogP contribution in [0.3, 0.4) is 0 Å². The lowest BCUT2D eigenvalue weighted by Gasteiger charge is -2.13. The van der Waals surface area contributed by atoms with E-state index in [0.717, 1.165) is 11.5 Å². The van der Waals surface area contributed by atoms with E-state index in [4.69, 9.17) is 9.47 Å². The molecule has 1 N–H and O–H groups in total. The first-order valence-electron chi connectivity index (χ1n) is 5.85. The molecule has 1 heterocycles. The maximum Gasteiger partial charge on any atom is 0.323 e. The Morgan fingerprint density at radius 1 is 1.21 bits per heavy atom. The number of rotatable bonds is 4. The molecular weight excluding hydrogens is 270 g/mol. The Bertz CT molecular complexity index is 410. The zero-order chi connectivity index (χ0) is 13.0. The Morgan fingerprint density at radius 2 is 1.84 bits per heavy atom. The van der Waals surface area contributed by atoms with Crippen LogP contribution < -0.4 is 14.8 Å². The van der Waals surface area contributed by atoms with Gasteiger partial charge in [0.05, 0.1) is 14.2 Å². The van der Waals surface area contributed by atoms with Gasteiger partial charge < -0.3 is 19.5 Å². The van der Waals surface area contributed by atoms with E-state index in [1.54, 1.807) is 7.11 Å². The molecule has 1 aliphatic heterocycles. The predicted molar refractivity (Wildman–Crippen MR) is 73.1 cm³/mol. The molecule has 0 spiro atoms. The van der Waals surface area contributed by atoms with E-state index < -0.39 is 0 Å². The van der Waals surface area contributed by atoms with Crippen LogP contribution in [0.2, 0.25) is 0 Å². The minimum Gasteiger partial charge on any atom is -0.497 e. The number of halogens is 1.